The summed E-state index contributed by atoms with van der Waals surface area (Å²) in [4.78, 5) is 0. The molecule has 5 heteroatoms. The zero-order valence-corrected chi connectivity index (χ0v) is 13.1. The third-order valence-electron chi connectivity index (χ3n) is 4.39. The highest BCUT2D eigenvalue weighted by atomic mass is 16.4. The van der Waals surface area contributed by atoms with Crippen LogP contribution in [0.2, 0.25) is 0 Å². The van der Waals surface area contributed by atoms with Gasteiger partial charge in [-0.1, -0.05) is 23.7 Å². The highest BCUT2D eigenvalue weighted by molar-refractivity contribution is 5.97. The summed E-state index contributed by atoms with van der Waals surface area (Å²) in [5.74, 6) is 0.149. The van der Waals surface area contributed by atoms with E-state index in [1.54, 1.807) is 0 Å². The highest BCUT2D eigenvalue weighted by Gasteiger charge is 2.24. The fraction of sp³-hybridized carbons (Fsp3) is 0.562. The molecule has 1 aliphatic heterocycles. The number of nitrogens with two attached hydrogens (primary N) is 1. The Bertz CT molecular complexity index is 505. The molecule has 1 fully saturated rings. The number of nitrogens with zero attached hydrogens (tertiary/aromatic N) is 2. The standard InChI is InChI=1S/C16H26N4O/c1-11-9-14(16(17)19-21)7-8-15(11)10-18-20-12(2)5-4-6-13(20)3/h7-9,12-13,18,21H,4-6,10H2,1-3H3,(H2,17,19). The Morgan fingerprint density at radius 3 is 2.62 bits per heavy atom. The molecule has 1 heterocycles. The summed E-state index contributed by atoms with van der Waals surface area (Å²) in [7, 11) is 0. The Hall–Kier alpha value is -1.59. The first kappa shape index (κ1) is 15.8. The molecule has 5 nitrogen and oxygen atoms in total. The summed E-state index contributed by atoms with van der Waals surface area (Å²) in [5, 5.41) is 14.1. The van der Waals surface area contributed by atoms with Crippen LogP contribution < -0.4 is 11.2 Å². The van der Waals surface area contributed by atoms with Crippen LogP contribution in [0.25, 0.3) is 0 Å². The highest BCUT2D eigenvalue weighted by Crippen LogP contribution is 2.21. The summed E-state index contributed by atoms with van der Waals surface area (Å²) in [6, 6.07) is 7.03. The number of benzene rings is 1. The van der Waals surface area contributed by atoms with Gasteiger partial charge in [-0.15, -0.1) is 0 Å². The lowest BCUT2D eigenvalue weighted by molar-refractivity contribution is 0.0435. The minimum absolute atomic E-state index is 0.149. The van der Waals surface area contributed by atoms with Crippen molar-refractivity contribution < 1.29 is 5.21 Å². The van der Waals surface area contributed by atoms with Crippen LogP contribution in [-0.4, -0.2) is 28.1 Å². The molecule has 0 amide bonds. The van der Waals surface area contributed by atoms with E-state index in [0.29, 0.717) is 12.1 Å². The SMILES string of the molecule is Cc1cc(/C(N)=N/O)ccc1CNN1C(C)CCCC1C. The zero-order valence-electron chi connectivity index (χ0n) is 13.1. The molecular weight excluding hydrogens is 264 g/mol. The Labute approximate surface area is 126 Å². The van der Waals surface area contributed by atoms with Crippen LogP contribution in [0.1, 0.15) is 49.8 Å². The Morgan fingerprint density at radius 1 is 1.38 bits per heavy atom. The maximum Gasteiger partial charge on any atom is 0.170 e. The van der Waals surface area contributed by atoms with E-state index in [2.05, 4.69) is 29.4 Å². The Balaban J connectivity index is 2.03. The Morgan fingerprint density at radius 2 is 2.05 bits per heavy atom. The summed E-state index contributed by atoms with van der Waals surface area (Å²) in [6.07, 6.45) is 3.81. The maximum atomic E-state index is 8.72. The molecule has 0 spiro atoms. The third kappa shape index (κ3) is 3.74. The minimum atomic E-state index is 0.149. The molecule has 116 valence electrons. The number of nitrogens with one attached hydrogen (secondary N) is 1. The molecule has 0 aliphatic carbocycles. The van der Waals surface area contributed by atoms with Crippen molar-refractivity contribution in [2.45, 2.75) is 58.7 Å². The van der Waals surface area contributed by atoms with Crippen LogP contribution in [0.5, 0.6) is 0 Å². The van der Waals surface area contributed by atoms with Gasteiger partial charge in [-0.05, 0) is 50.8 Å². The number of aryl methyl sites for hydroxylation is 1. The van der Waals surface area contributed by atoms with Gasteiger partial charge in [0, 0.05) is 24.2 Å². The second kappa shape index (κ2) is 6.91. The van der Waals surface area contributed by atoms with Gasteiger partial charge in [0.15, 0.2) is 5.84 Å². The number of hydrogen-bond donors (Lipinski definition) is 3. The molecule has 4 N–H and O–H groups in total. The number of piperidine rings is 1. The van der Waals surface area contributed by atoms with E-state index >= 15 is 0 Å². The first-order valence-corrected chi connectivity index (χ1v) is 7.62. The van der Waals surface area contributed by atoms with E-state index in [4.69, 9.17) is 10.9 Å². The van der Waals surface area contributed by atoms with Crippen LogP contribution in [0, 0.1) is 6.92 Å². The molecule has 1 saturated heterocycles. The number of rotatable bonds is 4. The van der Waals surface area contributed by atoms with E-state index < -0.39 is 0 Å². The van der Waals surface area contributed by atoms with E-state index in [9.17, 15) is 0 Å². The minimum Gasteiger partial charge on any atom is -0.409 e. The molecule has 2 atom stereocenters. The van der Waals surface area contributed by atoms with Crippen molar-refractivity contribution in [2.24, 2.45) is 10.9 Å². The van der Waals surface area contributed by atoms with Crippen LogP contribution in [0.3, 0.4) is 0 Å². The number of oxime groups is 1. The molecule has 0 bridgehead atoms. The first-order valence-electron chi connectivity index (χ1n) is 7.62. The maximum absolute atomic E-state index is 8.72. The largest absolute Gasteiger partial charge is 0.409 e. The lowest BCUT2D eigenvalue weighted by Crippen LogP contribution is -2.51. The van der Waals surface area contributed by atoms with Gasteiger partial charge in [0.2, 0.25) is 0 Å². The van der Waals surface area contributed by atoms with Gasteiger partial charge < -0.3 is 10.9 Å². The van der Waals surface area contributed by atoms with Crippen LogP contribution in [0.4, 0.5) is 0 Å². The van der Waals surface area contributed by atoms with Gasteiger partial charge in [0.1, 0.15) is 0 Å². The second-order valence-corrected chi connectivity index (χ2v) is 6.00. The first-order chi connectivity index (χ1) is 10.0. The quantitative estimate of drug-likeness (QED) is 0.344. The van der Waals surface area contributed by atoms with Crippen LogP contribution >= 0.6 is 0 Å². The molecular formula is C16H26N4O. The van der Waals surface area contributed by atoms with E-state index in [1.807, 2.05) is 25.1 Å². The average Bonchev–Trinajstić information content (AvgIpc) is 2.47. The lowest BCUT2D eigenvalue weighted by Gasteiger charge is -2.39. The Kier molecular flexibility index (Phi) is 5.20. The fourth-order valence-electron chi connectivity index (χ4n) is 3.02. The van der Waals surface area contributed by atoms with Crippen molar-refractivity contribution in [3.05, 3.63) is 34.9 Å². The number of hydrazine groups is 1. The molecule has 1 aliphatic rings. The monoisotopic (exact) mass is 290 g/mol. The second-order valence-electron chi connectivity index (χ2n) is 6.00. The lowest BCUT2D eigenvalue weighted by atomic mass is 9.99. The van der Waals surface area contributed by atoms with E-state index in [-0.39, 0.29) is 5.84 Å². The number of amidine groups is 1. The molecule has 2 rings (SSSR count). The van der Waals surface area contributed by atoms with Gasteiger partial charge in [-0.25, -0.2) is 5.01 Å². The van der Waals surface area contributed by atoms with Crippen molar-refractivity contribution in [1.82, 2.24) is 10.4 Å². The smallest absolute Gasteiger partial charge is 0.170 e. The van der Waals surface area contributed by atoms with Crippen LogP contribution in [-0.2, 0) is 6.54 Å². The molecule has 2 unspecified atom stereocenters. The molecule has 0 saturated carbocycles. The van der Waals surface area contributed by atoms with E-state index in [0.717, 1.165) is 17.7 Å². The summed E-state index contributed by atoms with van der Waals surface area (Å²) < 4.78 is 0. The van der Waals surface area contributed by atoms with E-state index in [1.165, 1.54) is 24.8 Å². The third-order valence-corrected chi connectivity index (χ3v) is 4.39. The number of hydrogen-bond acceptors (Lipinski definition) is 4. The van der Waals surface area contributed by atoms with Crippen molar-refractivity contribution in [1.29, 1.82) is 0 Å². The predicted octanol–water partition coefficient (Wildman–Crippen LogP) is 2.36. The summed E-state index contributed by atoms with van der Waals surface area (Å²) in [5.41, 5.74) is 12.3. The fourth-order valence-corrected chi connectivity index (χ4v) is 3.02. The zero-order chi connectivity index (χ0) is 15.4. The molecule has 0 aromatic heterocycles. The van der Waals surface area contributed by atoms with Crippen molar-refractivity contribution in [3.8, 4) is 0 Å². The molecule has 0 radical (unpaired) electrons. The normalized spacial score (nSPS) is 24.2. The topological polar surface area (TPSA) is 73.9 Å². The average molecular weight is 290 g/mol. The van der Waals surface area contributed by atoms with Gasteiger partial charge in [0.25, 0.3) is 0 Å². The van der Waals surface area contributed by atoms with Crippen molar-refractivity contribution >= 4 is 5.84 Å². The van der Waals surface area contributed by atoms with Crippen molar-refractivity contribution in [3.63, 3.8) is 0 Å². The molecule has 1 aromatic carbocycles. The van der Waals surface area contributed by atoms with Gasteiger partial charge >= 0.3 is 0 Å². The predicted molar refractivity (Wildman–Crippen MR) is 85.1 cm³/mol. The van der Waals surface area contributed by atoms with Gasteiger partial charge in [0.05, 0.1) is 0 Å². The molecule has 1 aromatic rings. The summed E-state index contributed by atoms with van der Waals surface area (Å²) >= 11 is 0. The van der Waals surface area contributed by atoms with Gasteiger partial charge in [-0.2, -0.15) is 0 Å². The van der Waals surface area contributed by atoms with Crippen LogP contribution in [0.15, 0.2) is 23.4 Å². The van der Waals surface area contributed by atoms with Crippen molar-refractivity contribution in [2.75, 3.05) is 0 Å². The summed E-state index contributed by atoms with van der Waals surface area (Å²) in [6.45, 7) is 7.40. The molecule has 21 heavy (non-hydrogen) atoms. The van der Waals surface area contributed by atoms with Gasteiger partial charge in [-0.3, -0.25) is 5.43 Å².